The summed E-state index contributed by atoms with van der Waals surface area (Å²) in [6.45, 7) is 0.677. The highest BCUT2D eigenvalue weighted by Gasteiger charge is 2.14. The van der Waals surface area contributed by atoms with Crippen LogP contribution < -0.4 is 9.47 Å². The zero-order chi connectivity index (χ0) is 11.4. The van der Waals surface area contributed by atoms with E-state index in [1.54, 1.807) is 7.11 Å². The van der Waals surface area contributed by atoms with Crippen molar-refractivity contribution in [3.63, 3.8) is 0 Å². The Balaban J connectivity index is 1.96. The van der Waals surface area contributed by atoms with Gasteiger partial charge in [-0.15, -0.1) is 0 Å². The molecule has 1 heterocycles. The molecule has 1 saturated heterocycles. The van der Waals surface area contributed by atoms with Crippen molar-refractivity contribution in [2.24, 2.45) is 0 Å². The van der Waals surface area contributed by atoms with Crippen LogP contribution in [0.25, 0.3) is 0 Å². The molecule has 0 amide bonds. The second kappa shape index (κ2) is 5.03. The summed E-state index contributed by atoms with van der Waals surface area (Å²) >= 11 is 0. The standard InChI is InChI=1S/C12H16O3/c1-13-10-5-7-11(8-6-10)15-12-4-2-3-9-14-12/h5-8,12H,2-4,9H2,1H3/t12-/m1/s1/i4D/t4-,12+/m0. The molecule has 0 aromatic heterocycles. The fraction of sp³-hybridized carbons (Fsp3) is 0.500. The second-order valence-electron chi connectivity index (χ2n) is 3.41. The van der Waals surface area contributed by atoms with E-state index in [-0.39, 0.29) is 6.40 Å². The van der Waals surface area contributed by atoms with Crippen LogP contribution in [0.3, 0.4) is 0 Å². The third kappa shape index (κ3) is 2.86. The van der Waals surface area contributed by atoms with Gasteiger partial charge in [0.1, 0.15) is 11.5 Å². The van der Waals surface area contributed by atoms with Crippen LogP contribution in [0.5, 0.6) is 11.5 Å². The van der Waals surface area contributed by atoms with Gasteiger partial charge in [0.05, 0.1) is 13.7 Å². The average Bonchev–Trinajstić information content (AvgIpc) is 2.33. The summed E-state index contributed by atoms with van der Waals surface area (Å²) in [7, 11) is 1.62. The largest absolute Gasteiger partial charge is 0.497 e. The molecule has 2 atom stereocenters. The summed E-state index contributed by atoms with van der Waals surface area (Å²) in [5.41, 5.74) is 0. The normalized spacial score (nSPS) is 26.9. The Hall–Kier alpha value is -1.22. The van der Waals surface area contributed by atoms with Crippen molar-refractivity contribution >= 4 is 0 Å². The Kier molecular flexibility index (Phi) is 3.03. The molecule has 1 aliphatic rings. The van der Waals surface area contributed by atoms with E-state index in [1.165, 1.54) is 0 Å². The van der Waals surface area contributed by atoms with E-state index >= 15 is 0 Å². The highest BCUT2D eigenvalue weighted by atomic mass is 16.7. The quantitative estimate of drug-likeness (QED) is 0.765. The highest BCUT2D eigenvalue weighted by Crippen LogP contribution is 2.21. The lowest BCUT2D eigenvalue weighted by atomic mass is 10.2. The molecule has 1 aliphatic heterocycles. The van der Waals surface area contributed by atoms with E-state index in [0.29, 0.717) is 12.4 Å². The Morgan fingerprint density at radius 3 is 2.67 bits per heavy atom. The van der Waals surface area contributed by atoms with Crippen molar-refractivity contribution in [2.75, 3.05) is 13.7 Å². The zero-order valence-electron chi connectivity index (χ0n) is 9.81. The van der Waals surface area contributed by atoms with Gasteiger partial charge in [0.25, 0.3) is 0 Å². The molecule has 0 bridgehead atoms. The van der Waals surface area contributed by atoms with Crippen LogP contribution in [-0.4, -0.2) is 20.0 Å². The number of hydrogen-bond donors (Lipinski definition) is 0. The molecule has 0 unspecified atom stereocenters. The molecule has 15 heavy (non-hydrogen) atoms. The van der Waals surface area contributed by atoms with Crippen LogP contribution in [-0.2, 0) is 4.74 Å². The third-order valence-corrected chi connectivity index (χ3v) is 2.30. The lowest BCUT2D eigenvalue weighted by Crippen LogP contribution is -2.24. The Labute approximate surface area is 91.4 Å². The fourth-order valence-electron chi connectivity index (χ4n) is 1.48. The van der Waals surface area contributed by atoms with Crippen LogP contribution in [0.1, 0.15) is 20.6 Å². The molecular formula is C12H16O3. The molecule has 82 valence electrons. The van der Waals surface area contributed by atoms with E-state index < -0.39 is 6.29 Å². The Morgan fingerprint density at radius 1 is 1.27 bits per heavy atom. The number of benzene rings is 1. The summed E-state index contributed by atoms with van der Waals surface area (Å²) in [5, 5.41) is 0. The first-order valence-corrected chi connectivity index (χ1v) is 5.14. The van der Waals surface area contributed by atoms with Crippen LogP contribution in [0.2, 0.25) is 0 Å². The Bertz CT molecular complexity index is 326. The van der Waals surface area contributed by atoms with Gasteiger partial charge >= 0.3 is 0 Å². The minimum atomic E-state index is -0.442. The van der Waals surface area contributed by atoms with Crippen molar-refractivity contribution < 1.29 is 15.6 Å². The van der Waals surface area contributed by atoms with Gasteiger partial charge in [-0.2, -0.15) is 0 Å². The number of rotatable bonds is 3. The highest BCUT2D eigenvalue weighted by molar-refractivity contribution is 5.31. The predicted octanol–water partition coefficient (Wildman–Crippen LogP) is 2.60. The van der Waals surface area contributed by atoms with Gasteiger partial charge in [-0.1, -0.05) is 0 Å². The minimum Gasteiger partial charge on any atom is -0.497 e. The molecule has 0 spiro atoms. The monoisotopic (exact) mass is 209 g/mol. The van der Waals surface area contributed by atoms with E-state index in [1.807, 2.05) is 24.3 Å². The third-order valence-electron chi connectivity index (χ3n) is 2.30. The summed E-state index contributed by atoms with van der Waals surface area (Å²) in [6.07, 6.45) is 1.04. The number of methoxy groups -OCH3 is 1. The maximum Gasteiger partial charge on any atom is 0.199 e. The zero-order valence-corrected chi connectivity index (χ0v) is 8.81. The topological polar surface area (TPSA) is 27.7 Å². The molecule has 1 aromatic carbocycles. The molecule has 1 aromatic rings. The van der Waals surface area contributed by atoms with Gasteiger partial charge in [0, 0.05) is 7.77 Å². The molecule has 0 aliphatic carbocycles. The van der Waals surface area contributed by atoms with Crippen LogP contribution in [0.15, 0.2) is 24.3 Å². The number of hydrogen-bond acceptors (Lipinski definition) is 3. The van der Waals surface area contributed by atoms with Crippen molar-refractivity contribution in [3.8, 4) is 11.5 Å². The summed E-state index contributed by atoms with van der Waals surface area (Å²) < 4.78 is 23.9. The van der Waals surface area contributed by atoms with Crippen LogP contribution >= 0.6 is 0 Å². The molecule has 3 nitrogen and oxygen atoms in total. The van der Waals surface area contributed by atoms with Crippen molar-refractivity contribution in [1.82, 2.24) is 0 Å². The Morgan fingerprint density at radius 2 is 2.00 bits per heavy atom. The summed E-state index contributed by atoms with van der Waals surface area (Å²) in [5.74, 6) is 1.50. The molecule has 0 radical (unpaired) electrons. The minimum absolute atomic E-state index is 0.296. The van der Waals surface area contributed by atoms with E-state index in [2.05, 4.69) is 0 Å². The summed E-state index contributed by atoms with van der Waals surface area (Å²) in [6, 6.07) is 7.31. The molecule has 2 rings (SSSR count). The van der Waals surface area contributed by atoms with Crippen LogP contribution in [0, 0.1) is 0 Å². The second-order valence-corrected chi connectivity index (χ2v) is 3.41. The molecule has 0 saturated carbocycles. The number of ether oxygens (including phenoxy) is 3. The average molecular weight is 209 g/mol. The van der Waals surface area contributed by atoms with Gasteiger partial charge in [-0.05, 0) is 37.1 Å². The first-order chi connectivity index (χ1) is 7.79. The van der Waals surface area contributed by atoms with Crippen molar-refractivity contribution in [2.45, 2.75) is 25.5 Å². The van der Waals surface area contributed by atoms with E-state index in [0.717, 1.165) is 18.6 Å². The van der Waals surface area contributed by atoms with Crippen molar-refractivity contribution in [3.05, 3.63) is 24.3 Å². The predicted molar refractivity (Wildman–Crippen MR) is 57.2 cm³/mol. The van der Waals surface area contributed by atoms with Gasteiger partial charge < -0.3 is 14.2 Å². The lowest BCUT2D eigenvalue weighted by molar-refractivity contribution is -0.105. The van der Waals surface area contributed by atoms with Crippen LogP contribution in [0.4, 0.5) is 0 Å². The molecule has 1 fully saturated rings. The van der Waals surface area contributed by atoms with E-state index in [9.17, 15) is 0 Å². The lowest BCUT2D eigenvalue weighted by Gasteiger charge is -2.23. The van der Waals surface area contributed by atoms with Gasteiger partial charge in [-0.3, -0.25) is 0 Å². The van der Waals surface area contributed by atoms with Crippen molar-refractivity contribution in [1.29, 1.82) is 0 Å². The fourth-order valence-corrected chi connectivity index (χ4v) is 1.48. The van der Waals surface area contributed by atoms with Gasteiger partial charge in [0.15, 0.2) is 6.29 Å². The molecule has 3 heteroatoms. The van der Waals surface area contributed by atoms with Gasteiger partial charge in [-0.25, -0.2) is 0 Å². The first-order valence-electron chi connectivity index (χ1n) is 5.72. The smallest absolute Gasteiger partial charge is 0.199 e. The summed E-state index contributed by atoms with van der Waals surface area (Å²) in [4.78, 5) is 0. The molecule has 0 N–H and O–H groups in total. The maximum atomic E-state index is 7.78. The first kappa shape index (κ1) is 9.04. The molecular weight excluding hydrogens is 192 g/mol. The SMILES string of the molecule is [2H][C@H]1CCCO[C@@H]1Oc1ccc(OC)cc1. The maximum absolute atomic E-state index is 7.78. The van der Waals surface area contributed by atoms with E-state index in [4.69, 9.17) is 15.6 Å². The van der Waals surface area contributed by atoms with Gasteiger partial charge in [0.2, 0.25) is 0 Å².